The number of nitrogens with zero attached hydrogens (tertiary/aromatic N) is 1. The second kappa shape index (κ2) is 10.1. The van der Waals surface area contributed by atoms with E-state index in [0.29, 0.717) is 22.8 Å². The van der Waals surface area contributed by atoms with Crippen LogP contribution in [0.3, 0.4) is 0 Å². The molecule has 0 aliphatic carbocycles. The Bertz CT molecular complexity index is 1070. The summed E-state index contributed by atoms with van der Waals surface area (Å²) in [6, 6.07) is 12.7. The molecule has 3 aromatic rings. The fourth-order valence-corrected chi connectivity index (χ4v) is 3.63. The molecular weight excluding hydrogens is 416 g/mol. The van der Waals surface area contributed by atoms with Crippen LogP contribution in [0, 0.1) is 6.92 Å². The molecule has 0 spiro atoms. The van der Waals surface area contributed by atoms with Crippen LogP contribution in [0.15, 0.2) is 47.8 Å². The van der Waals surface area contributed by atoms with E-state index in [4.69, 9.17) is 14.2 Å². The molecule has 31 heavy (non-hydrogen) atoms. The highest BCUT2D eigenvalue weighted by molar-refractivity contribution is 7.13. The van der Waals surface area contributed by atoms with Gasteiger partial charge >= 0.3 is 5.97 Å². The third-order valence-electron chi connectivity index (χ3n) is 4.65. The van der Waals surface area contributed by atoms with Gasteiger partial charge in [-0.2, -0.15) is 0 Å². The molecule has 1 N–H and O–H groups in total. The number of esters is 1. The van der Waals surface area contributed by atoms with Crippen LogP contribution in [-0.4, -0.2) is 37.2 Å². The zero-order valence-corrected chi connectivity index (χ0v) is 18.6. The Morgan fingerprint density at radius 2 is 1.87 bits per heavy atom. The summed E-state index contributed by atoms with van der Waals surface area (Å²) >= 11 is 1.57. The van der Waals surface area contributed by atoms with Crippen molar-refractivity contribution < 1.29 is 23.8 Å². The smallest absolute Gasteiger partial charge is 0.340 e. The maximum absolute atomic E-state index is 12.5. The van der Waals surface area contributed by atoms with Crippen LogP contribution in [0.5, 0.6) is 11.5 Å². The van der Waals surface area contributed by atoms with Gasteiger partial charge in [0.05, 0.1) is 36.0 Å². The summed E-state index contributed by atoms with van der Waals surface area (Å²) in [7, 11) is 3.11. The fraction of sp³-hybridized carbons (Fsp3) is 0.261. The standard InChI is InChI=1S/C23H24N2O5S/c1-14-17(8-9-18(25-14)21-6-5-11-31-21)23(27)30-15(2)22(26)24-13-16-7-10-19(28-3)20(12-16)29-4/h5-12,15H,13H2,1-4H3,(H,24,26). The summed E-state index contributed by atoms with van der Waals surface area (Å²) in [5.41, 5.74) is 2.51. The number of methoxy groups -OCH3 is 2. The van der Waals surface area contributed by atoms with Crippen LogP contribution in [0.2, 0.25) is 0 Å². The maximum Gasteiger partial charge on any atom is 0.340 e. The van der Waals surface area contributed by atoms with Crippen molar-refractivity contribution in [1.82, 2.24) is 10.3 Å². The van der Waals surface area contributed by atoms with Gasteiger partial charge < -0.3 is 19.5 Å². The van der Waals surface area contributed by atoms with E-state index in [1.54, 1.807) is 56.7 Å². The van der Waals surface area contributed by atoms with Crippen molar-refractivity contribution >= 4 is 23.2 Å². The highest BCUT2D eigenvalue weighted by Crippen LogP contribution is 2.27. The zero-order chi connectivity index (χ0) is 22.4. The SMILES string of the molecule is COc1ccc(CNC(=O)C(C)OC(=O)c2ccc(-c3cccs3)nc2C)cc1OC. The molecule has 8 heteroatoms. The molecule has 1 atom stereocenters. The molecule has 162 valence electrons. The second-order valence-electron chi connectivity index (χ2n) is 6.76. The van der Waals surface area contributed by atoms with Gasteiger partial charge in [-0.1, -0.05) is 12.1 Å². The van der Waals surface area contributed by atoms with Crippen LogP contribution in [0.4, 0.5) is 0 Å². The summed E-state index contributed by atoms with van der Waals surface area (Å²) in [6.45, 7) is 3.54. The van der Waals surface area contributed by atoms with Crippen molar-refractivity contribution in [2.45, 2.75) is 26.5 Å². The first-order valence-corrected chi connectivity index (χ1v) is 10.5. The third-order valence-corrected chi connectivity index (χ3v) is 5.54. The minimum absolute atomic E-state index is 0.261. The molecule has 0 saturated heterocycles. The number of nitrogens with one attached hydrogen (secondary N) is 1. The number of aromatic nitrogens is 1. The molecular formula is C23H24N2O5S. The Labute approximate surface area is 185 Å². The van der Waals surface area contributed by atoms with Crippen LogP contribution in [-0.2, 0) is 16.1 Å². The predicted octanol–water partition coefficient (Wildman–Crippen LogP) is 4.00. The van der Waals surface area contributed by atoms with E-state index in [1.807, 2.05) is 23.6 Å². The number of hydrogen-bond donors (Lipinski definition) is 1. The van der Waals surface area contributed by atoms with Gasteiger partial charge in [-0.3, -0.25) is 9.78 Å². The fourth-order valence-electron chi connectivity index (χ4n) is 2.94. The molecule has 1 amide bonds. The van der Waals surface area contributed by atoms with Crippen LogP contribution in [0.1, 0.15) is 28.5 Å². The molecule has 3 rings (SSSR count). The van der Waals surface area contributed by atoms with Gasteiger partial charge in [0, 0.05) is 6.54 Å². The Kier molecular flexibility index (Phi) is 7.25. The third kappa shape index (κ3) is 5.40. The van der Waals surface area contributed by atoms with E-state index >= 15 is 0 Å². The Hall–Kier alpha value is -3.39. The summed E-state index contributed by atoms with van der Waals surface area (Å²) in [5, 5.41) is 4.73. The average molecular weight is 441 g/mol. The number of pyridine rings is 1. The summed E-state index contributed by atoms with van der Waals surface area (Å²) in [6.07, 6.45) is -0.955. The van der Waals surface area contributed by atoms with E-state index in [9.17, 15) is 9.59 Å². The number of carbonyl (C=O) groups excluding carboxylic acids is 2. The van der Waals surface area contributed by atoms with Gasteiger partial charge in [0.15, 0.2) is 17.6 Å². The van der Waals surface area contributed by atoms with Gasteiger partial charge in [0.2, 0.25) is 0 Å². The van der Waals surface area contributed by atoms with E-state index < -0.39 is 18.0 Å². The summed E-state index contributed by atoms with van der Waals surface area (Å²) in [4.78, 5) is 30.4. The summed E-state index contributed by atoms with van der Waals surface area (Å²) < 4.78 is 15.8. The van der Waals surface area contributed by atoms with Gasteiger partial charge in [-0.15, -0.1) is 11.3 Å². The van der Waals surface area contributed by atoms with Crippen molar-refractivity contribution in [2.75, 3.05) is 14.2 Å². The van der Waals surface area contributed by atoms with Gasteiger partial charge in [0.25, 0.3) is 5.91 Å². The van der Waals surface area contributed by atoms with Crippen molar-refractivity contribution in [2.24, 2.45) is 0 Å². The van der Waals surface area contributed by atoms with Crippen LogP contribution < -0.4 is 14.8 Å². The topological polar surface area (TPSA) is 86.8 Å². The first kappa shape index (κ1) is 22.3. The van der Waals surface area contributed by atoms with Gasteiger partial charge in [0.1, 0.15) is 0 Å². The van der Waals surface area contributed by atoms with Gasteiger partial charge in [-0.05, 0) is 55.1 Å². The number of benzene rings is 1. The molecule has 0 bridgehead atoms. The number of rotatable bonds is 8. The first-order valence-electron chi connectivity index (χ1n) is 9.64. The van der Waals surface area contributed by atoms with E-state index in [2.05, 4.69) is 10.3 Å². The number of thiophene rings is 1. The molecule has 1 aromatic carbocycles. The lowest BCUT2D eigenvalue weighted by molar-refractivity contribution is -0.129. The molecule has 2 aromatic heterocycles. The Morgan fingerprint density at radius 1 is 1.10 bits per heavy atom. The zero-order valence-electron chi connectivity index (χ0n) is 17.8. The molecule has 0 fully saturated rings. The minimum atomic E-state index is -0.955. The van der Waals surface area contributed by atoms with Crippen molar-refractivity contribution in [3.63, 3.8) is 0 Å². The number of hydrogen-bond acceptors (Lipinski definition) is 7. The van der Waals surface area contributed by atoms with Crippen molar-refractivity contribution in [1.29, 1.82) is 0 Å². The number of ether oxygens (including phenoxy) is 3. The normalized spacial score (nSPS) is 11.5. The molecule has 0 saturated carbocycles. The Balaban J connectivity index is 1.59. The van der Waals surface area contributed by atoms with Crippen LogP contribution in [0.25, 0.3) is 10.6 Å². The van der Waals surface area contributed by atoms with E-state index in [-0.39, 0.29) is 6.54 Å². The first-order chi connectivity index (χ1) is 14.9. The number of amides is 1. The quantitative estimate of drug-likeness (QED) is 0.533. The van der Waals surface area contributed by atoms with Gasteiger partial charge in [-0.25, -0.2) is 4.79 Å². The van der Waals surface area contributed by atoms with E-state index in [0.717, 1.165) is 16.1 Å². The molecule has 1 unspecified atom stereocenters. The average Bonchev–Trinajstić information content (AvgIpc) is 3.31. The minimum Gasteiger partial charge on any atom is -0.493 e. The highest BCUT2D eigenvalue weighted by Gasteiger charge is 2.21. The van der Waals surface area contributed by atoms with Crippen LogP contribution >= 0.6 is 11.3 Å². The molecule has 0 aliphatic heterocycles. The lowest BCUT2D eigenvalue weighted by Crippen LogP contribution is -2.35. The number of aryl methyl sites for hydroxylation is 1. The molecule has 7 nitrogen and oxygen atoms in total. The predicted molar refractivity (Wildman–Crippen MR) is 119 cm³/mol. The highest BCUT2D eigenvalue weighted by atomic mass is 32.1. The monoisotopic (exact) mass is 440 g/mol. The van der Waals surface area contributed by atoms with E-state index in [1.165, 1.54) is 6.92 Å². The maximum atomic E-state index is 12.5. The van der Waals surface area contributed by atoms with Crippen molar-refractivity contribution in [3.8, 4) is 22.1 Å². The molecule has 0 radical (unpaired) electrons. The largest absolute Gasteiger partial charge is 0.493 e. The lowest BCUT2D eigenvalue weighted by Gasteiger charge is -2.15. The lowest BCUT2D eigenvalue weighted by atomic mass is 10.1. The number of carbonyl (C=O) groups is 2. The van der Waals surface area contributed by atoms with Crippen molar-refractivity contribution in [3.05, 3.63) is 64.7 Å². The Morgan fingerprint density at radius 3 is 2.52 bits per heavy atom. The molecule has 2 heterocycles. The summed E-state index contributed by atoms with van der Waals surface area (Å²) in [5.74, 6) is 0.192. The molecule has 0 aliphatic rings. The second-order valence-corrected chi connectivity index (χ2v) is 7.71.